The van der Waals surface area contributed by atoms with Crippen LogP contribution in [0.25, 0.3) is 0 Å². The molecule has 3 nitrogen and oxygen atoms in total. The van der Waals surface area contributed by atoms with Gasteiger partial charge in [-0.15, -0.1) is 0 Å². The molecule has 2 bridgehead atoms. The van der Waals surface area contributed by atoms with Crippen LogP contribution in [0.5, 0.6) is 0 Å². The van der Waals surface area contributed by atoms with Gasteiger partial charge in [0.1, 0.15) is 0 Å². The fraction of sp³-hybridized carbons (Fsp3) is 0.611. The number of carbonyl (C=O) groups is 1. The third-order valence-electron chi connectivity index (χ3n) is 5.28. The molecule has 21 heavy (non-hydrogen) atoms. The smallest absolute Gasteiger partial charge is 0.221 e. The van der Waals surface area contributed by atoms with Crippen molar-refractivity contribution in [2.75, 3.05) is 11.9 Å². The number of hydrogen-bond donors (Lipinski definition) is 2. The highest BCUT2D eigenvalue weighted by Gasteiger charge is 2.41. The van der Waals surface area contributed by atoms with Crippen LogP contribution < -0.4 is 10.6 Å². The number of para-hydroxylation sites is 1. The predicted molar refractivity (Wildman–Crippen MR) is 86.1 cm³/mol. The van der Waals surface area contributed by atoms with Gasteiger partial charge in [-0.2, -0.15) is 0 Å². The molecule has 0 radical (unpaired) electrons. The molecule has 3 rings (SSSR count). The van der Waals surface area contributed by atoms with Crippen molar-refractivity contribution in [3.63, 3.8) is 0 Å². The van der Waals surface area contributed by atoms with Crippen LogP contribution in [0.4, 0.5) is 5.69 Å². The molecule has 0 aromatic heterocycles. The van der Waals surface area contributed by atoms with Gasteiger partial charge in [-0.3, -0.25) is 4.79 Å². The maximum atomic E-state index is 12.1. The number of rotatable bonds is 6. The highest BCUT2D eigenvalue weighted by atomic mass is 16.1. The molecule has 3 heteroatoms. The molecule has 1 aromatic rings. The lowest BCUT2D eigenvalue weighted by Gasteiger charge is -2.28. The SMILES string of the molecule is C[C@H](NC(=O)CCNc1ccccc1)[C@@H]1C[C@H]2CC[C@H]1C2. The third-order valence-corrected chi connectivity index (χ3v) is 5.28. The van der Waals surface area contributed by atoms with E-state index < -0.39 is 0 Å². The van der Waals surface area contributed by atoms with Gasteiger partial charge >= 0.3 is 0 Å². The van der Waals surface area contributed by atoms with E-state index in [1.165, 1.54) is 25.7 Å². The Morgan fingerprint density at radius 2 is 2.05 bits per heavy atom. The zero-order valence-corrected chi connectivity index (χ0v) is 12.8. The number of anilines is 1. The minimum absolute atomic E-state index is 0.175. The number of hydrogen-bond acceptors (Lipinski definition) is 2. The average Bonchev–Trinajstić information content (AvgIpc) is 3.11. The van der Waals surface area contributed by atoms with E-state index in [-0.39, 0.29) is 5.91 Å². The third kappa shape index (κ3) is 3.58. The van der Waals surface area contributed by atoms with Crippen LogP contribution in [0.3, 0.4) is 0 Å². The lowest BCUT2D eigenvalue weighted by Crippen LogP contribution is -2.40. The summed E-state index contributed by atoms with van der Waals surface area (Å²) in [6, 6.07) is 10.4. The Balaban J connectivity index is 1.38. The van der Waals surface area contributed by atoms with E-state index in [1.807, 2.05) is 30.3 Å². The normalized spacial score (nSPS) is 28.3. The summed E-state index contributed by atoms with van der Waals surface area (Å²) in [4.78, 5) is 12.1. The predicted octanol–water partition coefficient (Wildman–Crippen LogP) is 3.43. The first-order chi connectivity index (χ1) is 10.2. The van der Waals surface area contributed by atoms with Crippen molar-refractivity contribution in [2.45, 2.75) is 45.1 Å². The van der Waals surface area contributed by atoms with Crippen LogP contribution in [0.1, 0.15) is 39.0 Å². The minimum Gasteiger partial charge on any atom is -0.385 e. The summed E-state index contributed by atoms with van der Waals surface area (Å²) >= 11 is 0. The quantitative estimate of drug-likeness (QED) is 0.841. The lowest BCUT2D eigenvalue weighted by atomic mass is 9.84. The van der Waals surface area contributed by atoms with Crippen LogP contribution in [0, 0.1) is 17.8 Å². The molecule has 2 aliphatic rings. The summed E-state index contributed by atoms with van der Waals surface area (Å²) in [7, 11) is 0. The van der Waals surface area contributed by atoms with E-state index >= 15 is 0 Å². The second kappa shape index (κ2) is 6.50. The second-order valence-electron chi connectivity index (χ2n) is 6.74. The van der Waals surface area contributed by atoms with Gasteiger partial charge in [-0.25, -0.2) is 0 Å². The summed E-state index contributed by atoms with van der Waals surface area (Å²) in [6.07, 6.45) is 6.07. The van der Waals surface area contributed by atoms with E-state index in [0.29, 0.717) is 19.0 Å². The fourth-order valence-corrected chi connectivity index (χ4v) is 4.22. The molecule has 1 aromatic carbocycles. The van der Waals surface area contributed by atoms with Crippen LogP contribution in [0.15, 0.2) is 30.3 Å². The molecule has 0 saturated heterocycles. The van der Waals surface area contributed by atoms with E-state index in [2.05, 4.69) is 17.6 Å². The van der Waals surface area contributed by atoms with Gasteiger partial charge in [-0.05, 0) is 56.1 Å². The van der Waals surface area contributed by atoms with E-state index in [1.54, 1.807) is 0 Å². The van der Waals surface area contributed by atoms with Crippen molar-refractivity contribution in [3.8, 4) is 0 Å². The van der Waals surface area contributed by atoms with Crippen LogP contribution in [-0.2, 0) is 4.79 Å². The minimum atomic E-state index is 0.175. The summed E-state index contributed by atoms with van der Waals surface area (Å²) in [5.41, 5.74) is 1.08. The number of carbonyl (C=O) groups excluding carboxylic acids is 1. The molecule has 0 spiro atoms. The first-order valence-electron chi connectivity index (χ1n) is 8.30. The van der Waals surface area contributed by atoms with Crippen molar-refractivity contribution in [3.05, 3.63) is 30.3 Å². The second-order valence-corrected chi connectivity index (χ2v) is 6.74. The number of nitrogens with one attached hydrogen (secondary N) is 2. The average molecular weight is 286 g/mol. The standard InChI is InChI=1S/C18H26N2O/c1-13(17-12-14-7-8-15(17)11-14)20-18(21)9-10-19-16-5-3-2-4-6-16/h2-6,13-15,17,19H,7-12H2,1H3,(H,20,21)/t13-,14-,15-,17-/m0/s1. The molecule has 2 N–H and O–H groups in total. The van der Waals surface area contributed by atoms with Crippen LogP contribution >= 0.6 is 0 Å². The highest BCUT2D eigenvalue weighted by Crippen LogP contribution is 2.49. The van der Waals surface area contributed by atoms with Crippen LogP contribution in [-0.4, -0.2) is 18.5 Å². The Bertz CT molecular complexity index is 473. The Hall–Kier alpha value is -1.51. The van der Waals surface area contributed by atoms with Crippen molar-refractivity contribution in [1.29, 1.82) is 0 Å². The number of amides is 1. The number of fused-ring (bicyclic) bond motifs is 2. The monoisotopic (exact) mass is 286 g/mol. The highest BCUT2D eigenvalue weighted by molar-refractivity contribution is 5.76. The van der Waals surface area contributed by atoms with Crippen molar-refractivity contribution >= 4 is 11.6 Å². The molecular formula is C18H26N2O. The molecular weight excluding hydrogens is 260 g/mol. The largest absolute Gasteiger partial charge is 0.385 e. The summed E-state index contributed by atoms with van der Waals surface area (Å²) in [5, 5.41) is 6.50. The zero-order valence-electron chi connectivity index (χ0n) is 12.8. The first kappa shape index (κ1) is 14.4. The molecule has 0 aliphatic heterocycles. The van der Waals surface area contributed by atoms with Crippen molar-refractivity contribution in [2.24, 2.45) is 17.8 Å². The van der Waals surface area contributed by atoms with Gasteiger partial charge in [0.05, 0.1) is 0 Å². The van der Waals surface area contributed by atoms with Gasteiger partial charge in [-0.1, -0.05) is 24.6 Å². The molecule has 2 aliphatic carbocycles. The summed E-state index contributed by atoms with van der Waals surface area (Å²) in [6.45, 7) is 2.88. The van der Waals surface area contributed by atoms with E-state index in [9.17, 15) is 4.79 Å². The van der Waals surface area contributed by atoms with Crippen molar-refractivity contribution < 1.29 is 4.79 Å². The van der Waals surface area contributed by atoms with E-state index in [0.717, 1.165) is 23.4 Å². The van der Waals surface area contributed by atoms with E-state index in [4.69, 9.17) is 0 Å². The maximum absolute atomic E-state index is 12.1. The summed E-state index contributed by atoms with van der Waals surface area (Å²) in [5.74, 6) is 2.70. The molecule has 2 saturated carbocycles. The first-order valence-corrected chi connectivity index (χ1v) is 8.30. The molecule has 4 atom stereocenters. The summed E-state index contributed by atoms with van der Waals surface area (Å²) < 4.78 is 0. The Morgan fingerprint density at radius 1 is 1.24 bits per heavy atom. The van der Waals surface area contributed by atoms with Crippen molar-refractivity contribution in [1.82, 2.24) is 5.32 Å². The molecule has 114 valence electrons. The lowest BCUT2D eigenvalue weighted by molar-refractivity contribution is -0.121. The zero-order chi connectivity index (χ0) is 14.7. The molecule has 0 heterocycles. The molecule has 2 fully saturated rings. The topological polar surface area (TPSA) is 41.1 Å². The van der Waals surface area contributed by atoms with Gasteiger partial charge in [0.25, 0.3) is 0 Å². The Labute approximate surface area is 127 Å². The fourth-order valence-electron chi connectivity index (χ4n) is 4.22. The van der Waals surface area contributed by atoms with Gasteiger partial charge < -0.3 is 10.6 Å². The van der Waals surface area contributed by atoms with Gasteiger partial charge in [0, 0.05) is 24.7 Å². The Morgan fingerprint density at radius 3 is 2.71 bits per heavy atom. The number of benzene rings is 1. The molecule has 0 unspecified atom stereocenters. The molecule has 1 amide bonds. The van der Waals surface area contributed by atoms with Gasteiger partial charge in [0.15, 0.2) is 0 Å². The Kier molecular flexibility index (Phi) is 4.47. The van der Waals surface area contributed by atoms with Gasteiger partial charge in [0.2, 0.25) is 5.91 Å². The maximum Gasteiger partial charge on any atom is 0.221 e. The van der Waals surface area contributed by atoms with Crippen LogP contribution in [0.2, 0.25) is 0 Å².